The fourth-order valence-corrected chi connectivity index (χ4v) is 5.47. The van der Waals surface area contributed by atoms with Crippen LogP contribution in [0.15, 0.2) is 91.0 Å². The minimum atomic E-state index is -0.237. The predicted molar refractivity (Wildman–Crippen MR) is 117 cm³/mol. The second-order valence-electron chi connectivity index (χ2n) is 7.43. The topological polar surface area (TPSA) is 12.5 Å². The van der Waals surface area contributed by atoms with Crippen LogP contribution in [0.5, 0.6) is 0 Å². The maximum absolute atomic E-state index is 6.56. The van der Waals surface area contributed by atoms with Gasteiger partial charge in [-0.3, -0.25) is 4.90 Å². The molecule has 2 nitrogen and oxygen atoms in total. The van der Waals surface area contributed by atoms with E-state index in [1.807, 2.05) is 11.3 Å². The lowest BCUT2D eigenvalue weighted by Gasteiger charge is -2.57. The van der Waals surface area contributed by atoms with Gasteiger partial charge in [-0.25, -0.2) is 0 Å². The van der Waals surface area contributed by atoms with Gasteiger partial charge in [0.2, 0.25) is 0 Å². The predicted octanol–water partition coefficient (Wildman–Crippen LogP) is 5.68. The van der Waals surface area contributed by atoms with Gasteiger partial charge in [-0.05, 0) is 35.7 Å². The van der Waals surface area contributed by atoms with Crippen molar-refractivity contribution in [1.29, 1.82) is 0 Å². The van der Waals surface area contributed by atoms with Gasteiger partial charge in [-0.15, -0.1) is 11.3 Å². The summed E-state index contributed by atoms with van der Waals surface area (Å²) < 4.78 is 7.88. The number of likely N-dealkylation sites (tertiary alicyclic amines) is 1. The van der Waals surface area contributed by atoms with E-state index in [0.29, 0.717) is 6.61 Å². The van der Waals surface area contributed by atoms with Gasteiger partial charge in [0.25, 0.3) is 0 Å². The number of likely N-dealkylation sites (N-methyl/N-ethyl adjacent to an activating group) is 1. The Hall–Kier alpha value is -2.46. The lowest BCUT2D eigenvalue weighted by atomic mass is 9.71. The van der Waals surface area contributed by atoms with Gasteiger partial charge in [-0.2, -0.15) is 0 Å². The molecule has 0 aliphatic carbocycles. The van der Waals surface area contributed by atoms with Crippen LogP contribution in [-0.2, 0) is 16.9 Å². The number of nitrogens with zero attached hydrogens (tertiary/aromatic N) is 1. The van der Waals surface area contributed by atoms with Crippen LogP contribution in [0, 0.1) is 0 Å². The van der Waals surface area contributed by atoms with Crippen molar-refractivity contribution >= 4 is 21.4 Å². The average Bonchev–Trinajstić information content (AvgIpc) is 3.16. The fraction of sp³-hybridized carbons (Fsp3) is 0.200. The highest BCUT2D eigenvalue weighted by Crippen LogP contribution is 2.47. The molecule has 3 aromatic carbocycles. The van der Waals surface area contributed by atoms with Gasteiger partial charge in [0.05, 0.1) is 18.2 Å². The first kappa shape index (κ1) is 17.6. The summed E-state index contributed by atoms with van der Waals surface area (Å²) >= 11 is 1.83. The normalized spacial score (nSPS) is 18.8. The molecule has 28 heavy (non-hydrogen) atoms. The van der Waals surface area contributed by atoms with E-state index in [2.05, 4.69) is 103 Å². The van der Waals surface area contributed by atoms with Crippen LogP contribution in [0.1, 0.15) is 16.0 Å². The summed E-state index contributed by atoms with van der Waals surface area (Å²) in [7, 11) is 2.19. The third kappa shape index (κ3) is 2.78. The monoisotopic (exact) mass is 385 g/mol. The molecule has 1 fully saturated rings. The molecule has 3 heteroatoms. The van der Waals surface area contributed by atoms with Crippen LogP contribution in [-0.4, -0.2) is 24.6 Å². The summed E-state index contributed by atoms with van der Waals surface area (Å²) in [6, 6.07) is 32.3. The van der Waals surface area contributed by atoms with E-state index in [4.69, 9.17) is 4.74 Å². The quantitative estimate of drug-likeness (QED) is 0.438. The molecule has 1 atom stereocenters. The molecule has 4 aromatic rings. The van der Waals surface area contributed by atoms with E-state index in [1.165, 1.54) is 26.1 Å². The Balaban J connectivity index is 1.48. The molecule has 0 spiro atoms. The lowest BCUT2D eigenvalue weighted by Crippen LogP contribution is -2.68. The number of rotatable bonds is 5. The maximum Gasteiger partial charge on any atom is 0.0993 e. The fourth-order valence-electron chi connectivity index (χ4n) is 4.49. The van der Waals surface area contributed by atoms with E-state index in [-0.39, 0.29) is 11.6 Å². The summed E-state index contributed by atoms with van der Waals surface area (Å²) in [5.41, 5.74) is 2.34. The third-order valence-electron chi connectivity index (χ3n) is 5.84. The van der Waals surface area contributed by atoms with Crippen molar-refractivity contribution in [1.82, 2.24) is 4.90 Å². The average molecular weight is 386 g/mol. The highest BCUT2D eigenvalue weighted by atomic mass is 32.1. The van der Waals surface area contributed by atoms with E-state index < -0.39 is 0 Å². The molecule has 0 radical (unpaired) electrons. The number of thiophene rings is 1. The van der Waals surface area contributed by atoms with E-state index in [1.54, 1.807) is 0 Å². The van der Waals surface area contributed by atoms with Crippen LogP contribution >= 0.6 is 11.3 Å². The smallest absolute Gasteiger partial charge is 0.0993 e. The largest absolute Gasteiger partial charge is 0.369 e. The molecule has 1 unspecified atom stereocenters. The molecule has 1 aromatic heterocycles. The number of ether oxygens (including phenoxy) is 1. The molecule has 2 heterocycles. The van der Waals surface area contributed by atoms with E-state index >= 15 is 0 Å². The van der Waals surface area contributed by atoms with Crippen LogP contribution in [0.25, 0.3) is 10.1 Å². The van der Waals surface area contributed by atoms with Gasteiger partial charge < -0.3 is 4.74 Å². The van der Waals surface area contributed by atoms with Gasteiger partial charge >= 0.3 is 0 Å². The Morgan fingerprint density at radius 3 is 2.11 bits per heavy atom. The Labute approximate surface area is 170 Å². The van der Waals surface area contributed by atoms with Crippen LogP contribution < -0.4 is 0 Å². The first-order valence-corrected chi connectivity index (χ1v) is 10.5. The summed E-state index contributed by atoms with van der Waals surface area (Å²) in [4.78, 5) is 3.69. The Morgan fingerprint density at radius 2 is 1.50 bits per heavy atom. The molecule has 0 amide bonds. The minimum absolute atomic E-state index is 0.118. The maximum atomic E-state index is 6.56. The van der Waals surface area contributed by atoms with Crippen LogP contribution in [0.3, 0.4) is 0 Å². The van der Waals surface area contributed by atoms with Crippen molar-refractivity contribution in [2.45, 2.75) is 18.2 Å². The highest BCUT2D eigenvalue weighted by molar-refractivity contribution is 7.19. The second-order valence-corrected chi connectivity index (χ2v) is 8.60. The van der Waals surface area contributed by atoms with Crippen molar-refractivity contribution in [2.24, 2.45) is 0 Å². The van der Waals surface area contributed by atoms with Gasteiger partial charge in [-0.1, -0.05) is 78.9 Å². The van der Waals surface area contributed by atoms with Crippen LogP contribution in [0.4, 0.5) is 0 Å². The Bertz CT molecular complexity index is 1000. The molecule has 0 saturated carbocycles. The Kier molecular flexibility index (Phi) is 4.52. The number of benzene rings is 3. The SMILES string of the molecule is CN1CC(OCc2cc3ccccc3s2)C1(c1ccccc1)c1ccccc1. The number of fused-ring (bicyclic) bond motifs is 1. The van der Waals surface area contributed by atoms with Crippen LogP contribution in [0.2, 0.25) is 0 Å². The summed E-state index contributed by atoms with van der Waals surface area (Å²) in [6.07, 6.45) is 0.118. The Morgan fingerprint density at radius 1 is 0.893 bits per heavy atom. The zero-order valence-electron chi connectivity index (χ0n) is 15.9. The van der Waals surface area contributed by atoms with Crippen molar-refractivity contribution in [3.8, 4) is 0 Å². The van der Waals surface area contributed by atoms with Crippen molar-refractivity contribution in [3.05, 3.63) is 107 Å². The van der Waals surface area contributed by atoms with Gasteiger partial charge in [0, 0.05) is 16.1 Å². The van der Waals surface area contributed by atoms with Gasteiger partial charge in [0.15, 0.2) is 0 Å². The zero-order chi connectivity index (χ0) is 19.0. The summed E-state index contributed by atoms with van der Waals surface area (Å²) in [5.74, 6) is 0. The van der Waals surface area contributed by atoms with E-state index in [9.17, 15) is 0 Å². The molecule has 0 N–H and O–H groups in total. The first-order chi connectivity index (χ1) is 13.8. The molecule has 0 bridgehead atoms. The molecule has 1 saturated heterocycles. The minimum Gasteiger partial charge on any atom is -0.369 e. The molecular weight excluding hydrogens is 362 g/mol. The molecule has 1 aliphatic heterocycles. The lowest BCUT2D eigenvalue weighted by molar-refractivity contribution is -0.146. The zero-order valence-corrected chi connectivity index (χ0v) is 16.7. The standard InChI is InChI=1S/C25H23NOS/c1-26-17-24(27-18-22-16-19-10-8-9-15-23(19)28-22)25(26,20-11-4-2-5-12-20)21-13-6-3-7-14-21/h2-16,24H,17-18H2,1H3. The number of hydrogen-bond acceptors (Lipinski definition) is 3. The van der Waals surface area contributed by atoms with E-state index in [0.717, 1.165) is 6.54 Å². The molecule has 5 rings (SSSR count). The second kappa shape index (κ2) is 7.17. The number of hydrogen-bond donors (Lipinski definition) is 0. The third-order valence-corrected chi connectivity index (χ3v) is 6.93. The van der Waals surface area contributed by atoms with Crippen molar-refractivity contribution < 1.29 is 4.74 Å². The molecular formula is C25H23NOS. The van der Waals surface area contributed by atoms with Crippen molar-refractivity contribution in [3.63, 3.8) is 0 Å². The van der Waals surface area contributed by atoms with Crippen molar-refractivity contribution in [2.75, 3.05) is 13.6 Å². The highest BCUT2D eigenvalue weighted by Gasteiger charge is 2.54. The molecule has 140 valence electrons. The summed E-state index contributed by atoms with van der Waals surface area (Å²) in [5, 5.41) is 1.30. The first-order valence-electron chi connectivity index (χ1n) is 9.70. The summed E-state index contributed by atoms with van der Waals surface area (Å²) in [6.45, 7) is 1.58. The molecule has 1 aliphatic rings. The van der Waals surface area contributed by atoms with Gasteiger partial charge in [0.1, 0.15) is 0 Å².